The quantitative estimate of drug-likeness (QED) is 0.496. The lowest BCUT2D eigenvalue weighted by molar-refractivity contribution is 1.01. The Hall–Kier alpha value is 0.380. The summed E-state index contributed by atoms with van der Waals surface area (Å²) >= 11 is 7.38. The molecule has 7 heavy (non-hydrogen) atoms. The van der Waals surface area contributed by atoms with Crippen molar-refractivity contribution in [3.05, 3.63) is 11.5 Å². The van der Waals surface area contributed by atoms with Gasteiger partial charge in [-0.2, -0.15) is 0 Å². The second-order valence-electron chi connectivity index (χ2n) is 1.52. The van der Waals surface area contributed by atoms with Crippen LogP contribution in [0, 0.1) is 0 Å². The molecule has 0 fully saturated rings. The zero-order valence-corrected chi connectivity index (χ0v) is 5.50. The van der Waals surface area contributed by atoms with Crippen LogP contribution >= 0.6 is 23.4 Å². The highest BCUT2D eigenvalue weighted by Crippen LogP contribution is 2.24. The number of allylic oxidation sites excluding steroid dienone is 1. The number of hydrogen-bond acceptors (Lipinski definition) is 1. The van der Waals surface area contributed by atoms with Crippen LogP contribution in [0.25, 0.3) is 0 Å². The molecule has 1 aliphatic heterocycles. The summed E-state index contributed by atoms with van der Waals surface area (Å²) in [6.45, 7) is 0. The van der Waals surface area contributed by atoms with Crippen molar-refractivity contribution < 1.29 is 0 Å². The molecule has 0 aliphatic carbocycles. The van der Waals surface area contributed by atoms with Crippen LogP contribution in [0.4, 0.5) is 0 Å². The molecule has 40 valence electrons. The van der Waals surface area contributed by atoms with Crippen molar-refractivity contribution in [1.82, 2.24) is 0 Å². The molecule has 0 nitrogen and oxygen atoms in total. The van der Waals surface area contributed by atoms with Crippen molar-refractivity contribution >= 4 is 23.4 Å². The lowest BCUT2D eigenvalue weighted by atomic mass is 10.3. The molecule has 0 aromatic rings. The Morgan fingerprint density at radius 1 is 1.86 bits per heavy atom. The number of hydrogen-bond donors (Lipinski definition) is 0. The third-order valence-corrected chi connectivity index (χ3v) is 2.59. The molecule has 1 heterocycles. The van der Waals surface area contributed by atoms with E-state index in [4.69, 9.17) is 11.6 Å². The van der Waals surface area contributed by atoms with Gasteiger partial charge in [-0.25, -0.2) is 0 Å². The molecule has 0 saturated carbocycles. The lowest BCUT2D eigenvalue weighted by Gasteiger charge is -1.97. The van der Waals surface area contributed by atoms with E-state index in [-0.39, 0.29) is 0 Å². The maximum absolute atomic E-state index is 5.55. The summed E-state index contributed by atoms with van der Waals surface area (Å²) in [5.74, 6) is 0.789. The normalized spacial score (nSPS) is 29.0. The molecule has 1 aliphatic rings. The van der Waals surface area contributed by atoms with Crippen molar-refractivity contribution in [2.75, 3.05) is 5.88 Å². The fraction of sp³-hybridized carbons (Fsp3) is 0.600. The first-order valence-corrected chi connectivity index (χ1v) is 3.77. The van der Waals surface area contributed by atoms with Gasteiger partial charge in [0.1, 0.15) is 0 Å². The topological polar surface area (TPSA) is 0 Å². The Kier molecular flexibility index (Phi) is 2.07. The van der Waals surface area contributed by atoms with Crippen molar-refractivity contribution in [2.24, 2.45) is 0 Å². The van der Waals surface area contributed by atoms with Crippen molar-refractivity contribution in [3.63, 3.8) is 0 Å². The first-order valence-electron chi connectivity index (χ1n) is 2.30. The van der Waals surface area contributed by atoms with Gasteiger partial charge in [-0.15, -0.1) is 23.4 Å². The largest absolute Gasteiger partial charge is 0.129 e. The van der Waals surface area contributed by atoms with Gasteiger partial charge in [0, 0.05) is 11.1 Å². The first-order chi connectivity index (χ1) is 3.43. The highest BCUT2D eigenvalue weighted by atomic mass is 35.5. The number of halogens is 1. The van der Waals surface area contributed by atoms with Crippen LogP contribution in [-0.4, -0.2) is 11.1 Å². The van der Waals surface area contributed by atoms with Crippen LogP contribution in [0.15, 0.2) is 11.5 Å². The van der Waals surface area contributed by atoms with E-state index in [9.17, 15) is 0 Å². The van der Waals surface area contributed by atoms with Gasteiger partial charge in [0.05, 0.1) is 0 Å². The van der Waals surface area contributed by atoms with Crippen molar-refractivity contribution in [2.45, 2.75) is 11.7 Å². The fourth-order valence-electron chi connectivity index (χ4n) is 0.529. The average Bonchev–Trinajstić information content (AvgIpc) is 2.14. The van der Waals surface area contributed by atoms with E-state index >= 15 is 0 Å². The minimum Gasteiger partial charge on any atom is -0.129 e. The molecule has 0 radical (unpaired) electrons. The summed E-state index contributed by atoms with van der Waals surface area (Å²) < 4.78 is 0. The molecule has 0 saturated heterocycles. The molecule has 1 rings (SSSR count). The molecule has 2 heteroatoms. The van der Waals surface area contributed by atoms with Crippen LogP contribution in [0.3, 0.4) is 0 Å². The van der Waals surface area contributed by atoms with Crippen LogP contribution < -0.4 is 0 Å². The third kappa shape index (κ3) is 1.39. The Morgan fingerprint density at radius 2 is 2.71 bits per heavy atom. The number of thioether (sulfide) groups is 1. The first kappa shape index (κ1) is 5.52. The Bertz CT molecular complexity index is 72.1. The molecule has 0 bridgehead atoms. The van der Waals surface area contributed by atoms with E-state index in [1.54, 1.807) is 0 Å². The van der Waals surface area contributed by atoms with E-state index in [0.717, 1.165) is 12.3 Å². The van der Waals surface area contributed by atoms with Gasteiger partial charge in [0.25, 0.3) is 0 Å². The minimum absolute atomic E-state index is 0.668. The molecule has 1 unspecified atom stereocenters. The summed E-state index contributed by atoms with van der Waals surface area (Å²) in [6.07, 6.45) is 3.33. The summed E-state index contributed by atoms with van der Waals surface area (Å²) in [5.41, 5.74) is 0. The molecular formula is C5H7ClS. The second-order valence-corrected chi connectivity index (χ2v) is 3.04. The Balaban J connectivity index is 2.22. The van der Waals surface area contributed by atoms with E-state index in [2.05, 4.69) is 11.5 Å². The maximum Gasteiger partial charge on any atom is 0.0348 e. The Labute approximate surface area is 52.9 Å². The molecule has 0 aromatic heterocycles. The standard InChI is InChI=1S/C5H7ClS/c6-4-5-2-1-3-7-5/h1,3,5H,2,4H2. The van der Waals surface area contributed by atoms with Crippen LogP contribution in [0.1, 0.15) is 6.42 Å². The zero-order chi connectivity index (χ0) is 5.11. The predicted molar refractivity (Wildman–Crippen MR) is 35.9 cm³/mol. The molecule has 0 N–H and O–H groups in total. The van der Waals surface area contributed by atoms with Crippen LogP contribution in [-0.2, 0) is 0 Å². The SMILES string of the molecule is ClCC1CC=CS1. The van der Waals surface area contributed by atoms with E-state index in [1.807, 2.05) is 11.8 Å². The van der Waals surface area contributed by atoms with Crippen LogP contribution in [0.2, 0.25) is 0 Å². The molecule has 1 atom stereocenters. The Morgan fingerprint density at radius 3 is 3.00 bits per heavy atom. The number of rotatable bonds is 1. The summed E-state index contributed by atoms with van der Waals surface area (Å²) in [6, 6.07) is 0. The minimum atomic E-state index is 0.668. The van der Waals surface area contributed by atoms with Gasteiger partial charge in [-0.05, 0) is 11.8 Å². The smallest absolute Gasteiger partial charge is 0.0348 e. The molecule has 0 amide bonds. The van der Waals surface area contributed by atoms with Gasteiger partial charge in [0.15, 0.2) is 0 Å². The fourth-order valence-corrected chi connectivity index (χ4v) is 1.61. The monoisotopic (exact) mass is 134 g/mol. The zero-order valence-electron chi connectivity index (χ0n) is 3.93. The van der Waals surface area contributed by atoms with E-state index in [0.29, 0.717) is 5.25 Å². The van der Waals surface area contributed by atoms with Gasteiger partial charge < -0.3 is 0 Å². The maximum atomic E-state index is 5.55. The second kappa shape index (κ2) is 2.63. The van der Waals surface area contributed by atoms with Gasteiger partial charge in [-0.3, -0.25) is 0 Å². The molecule has 0 aromatic carbocycles. The highest BCUT2D eigenvalue weighted by Gasteiger charge is 2.07. The predicted octanol–water partition coefficient (Wildman–Crippen LogP) is 2.24. The summed E-state index contributed by atoms with van der Waals surface area (Å²) in [7, 11) is 0. The highest BCUT2D eigenvalue weighted by molar-refractivity contribution is 8.03. The van der Waals surface area contributed by atoms with Crippen LogP contribution in [0.5, 0.6) is 0 Å². The summed E-state index contributed by atoms with van der Waals surface area (Å²) in [5, 5.41) is 2.79. The van der Waals surface area contributed by atoms with Gasteiger partial charge in [-0.1, -0.05) is 6.08 Å². The third-order valence-electron chi connectivity index (χ3n) is 0.938. The molecule has 0 spiro atoms. The van der Waals surface area contributed by atoms with E-state index in [1.165, 1.54) is 0 Å². The lowest BCUT2D eigenvalue weighted by Crippen LogP contribution is -1.95. The van der Waals surface area contributed by atoms with Gasteiger partial charge in [0.2, 0.25) is 0 Å². The van der Waals surface area contributed by atoms with Crippen molar-refractivity contribution in [3.8, 4) is 0 Å². The van der Waals surface area contributed by atoms with Gasteiger partial charge >= 0.3 is 0 Å². The summed E-state index contributed by atoms with van der Waals surface area (Å²) in [4.78, 5) is 0. The molecular weight excluding hydrogens is 128 g/mol. The number of alkyl halides is 1. The average molecular weight is 135 g/mol. The van der Waals surface area contributed by atoms with E-state index < -0.39 is 0 Å². The van der Waals surface area contributed by atoms with Crippen molar-refractivity contribution in [1.29, 1.82) is 0 Å².